The average Bonchev–Trinajstić information content (AvgIpc) is 3.17. The lowest BCUT2D eigenvalue weighted by Gasteiger charge is -2.04. The smallest absolute Gasteiger partial charge is 0.248 e. The number of anilines is 1. The molecule has 0 saturated heterocycles. The van der Waals surface area contributed by atoms with Crippen molar-refractivity contribution < 1.29 is 4.79 Å². The van der Waals surface area contributed by atoms with Crippen LogP contribution in [-0.2, 0) is 17.9 Å². The molecule has 1 N–H and O–H groups in total. The molecule has 0 unspecified atom stereocenters. The summed E-state index contributed by atoms with van der Waals surface area (Å²) in [6.45, 7) is 5.17. The van der Waals surface area contributed by atoms with Gasteiger partial charge in [-0.25, -0.2) is 9.67 Å². The maximum absolute atomic E-state index is 12.0. The van der Waals surface area contributed by atoms with Gasteiger partial charge in [0, 0.05) is 24.9 Å². The van der Waals surface area contributed by atoms with Gasteiger partial charge in [0.2, 0.25) is 11.9 Å². The molecule has 0 spiro atoms. The van der Waals surface area contributed by atoms with Crippen LogP contribution >= 0.6 is 0 Å². The summed E-state index contributed by atoms with van der Waals surface area (Å²) in [5, 5.41) is 11.2. The van der Waals surface area contributed by atoms with Gasteiger partial charge in [0.1, 0.15) is 6.33 Å². The maximum Gasteiger partial charge on any atom is 0.248 e. The summed E-state index contributed by atoms with van der Waals surface area (Å²) in [5.41, 5.74) is 3.39. The summed E-state index contributed by atoms with van der Waals surface area (Å²) >= 11 is 0. The fourth-order valence-corrected chi connectivity index (χ4v) is 2.34. The normalized spacial score (nSPS) is 10.8. The van der Waals surface area contributed by atoms with Gasteiger partial charge in [-0.2, -0.15) is 5.10 Å². The minimum Gasteiger partial charge on any atom is -0.293 e. The quantitative estimate of drug-likeness (QED) is 0.754. The summed E-state index contributed by atoms with van der Waals surface area (Å²) in [6, 6.07) is 10.1. The Bertz CT molecular complexity index is 818. The number of benzene rings is 1. The van der Waals surface area contributed by atoms with Crippen molar-refractivity contribution in [3.05, 3.63) is 59.7 Å². The van der Waals surface area contributed by atoms with Gasteiger partial charge in [-0.3, -0.25) is 14.8 Å². The number of carbonyl (C=O) groups excluding carboxylic acids is 1. The van der Waals surface area contributed by atoms with Crippen LogP contribution in [0.1, 0.15) is 23.2 Å². The Morgan fingerprint density at radius 2 is 1.96 bits per heavy atom. The van der Waals surface area contributed by atoms with E-state index in [4.69, 9.17) is 0 Å². The van der Waals surface area contributed by atoms with E-state index in [2.05, 4.69) is 51.7 Å². The summed E-state index contributed by atoms with van der Waals surface area (Å²) in [6.07, 6.45) is 3.67. The highest BCUT2D eigenvalue weighted by molar-refractivity contribution is 5.88. The zero-order valence-electron chi connectivity index (χ0n) is 13.8. The predicted octanol–water partition coefficient (Wildman–Crippen LogP) is 2.17. The Hall–Kier alpha value is -2.96. The first-order chi connectivity index (χ1) is 11.6. The highest BCUT2D eigenvalue weighted by Gasteiger charge is 2.08. The van der Waals surface area contributed by atoms with E-state index in [1.807, 2.05) is 13.0 Å². The zero-order valence-corrected chi connectivity index (χ0v) is 13.8. The minimum absolute atomic E-state index is 0.127. The van der Waals surface area contributed by atoms with Crippen LogP contribution in [0.3, 0.4) is 0 Å². The molecule has 2 heterocycles. The number of nitrogens with one attached hydrogen (secondary N) is 1. The number of rotatable bonds is 6. The molecule has 1 aromatic carbocycles. The average molecular weight is 324 g/mol. The minimum atomic E-state index is -0.127. The van der Waals surface area contributed by atoms with Crippen LogP contribution in [0.4, 0.5) is 5.95 Å². The number of nitrogens with zero attached hydrogens (tertiary/aromatic N) is 5. The number of hydrogen-bond donors (Lipinski definition) is 1. The molecular weight excluding hydrogens is 304 g/mol. The van der Waals surface area contributed by atoms with E-state index in [-0.39, 0.29) is 5.91 Å². The molecule has 3 rings (SSSR count). The fourth-order valence-electron chi connectivity index (χ4n) is 2.34. The second-order valence-electron chi connectivity index (χ2n) is 5.75. The second-order valence-corrected chi connectivity index (χ2v) is 5.75. The summed E-state index contributed by atoms with van der Waals surface area (Å²) in [7, 11) is 0. The van der Waals surface area contributed by atoms with Crippen molar-refractivity contribution in [2.24, 2.45) is 0 Å². The van der Waals surface area contributed by atoms with E-state index in [1.165, 1.54) is 5.56 Å². The van der Waals surface area contributed by atoms with E-state index in [0.29, 0.717) is 25.5 Å². The molecule has 0 aliphatic rings. The lowest BCUT2D eigenvalue weighted by atomic mass is 10.1. The van der Waals surface area contributed by atoms with Gasteiger partial charge in [-0.1, -0.05) is 29.8 Å². The topological polar surface area (TPSA) is 77.6 Å². The van der Waals surface area contributed by atoms with Crippen LogP contribution < -0.4 is 5.32 Å². The Kier molecular flexibility index (Phi) is 4.69. The summed E-state index contributed by atoms with van der Waals surface area (Å²) in [4.78, 5) is 16.1. The number of carbonyl (C=O) groups is 1. The van der Waals surface area contributed by atoms with E-state index in [0.717, 1.165) is 11.3 Å². The molecule has 0 saturated carbocycles. The Balaban J connectivity index is 1.52. The molecule has 1 amide bonds. The highest BCUT2D eigenvalue weighted by Crippen LogP contribution is 2.06. The molecule has 3 aromatic rings. The number of amides is 1. The third-order valence-electron chi connectivity index (χ3n) is 3.73. The second kappa shape index (κ2) is 7.08. The van der Waals surface area contributed by atoms with Gasteiger partial charge in [0.25, 0.3) is 0 Å². The van der Waals surface area contributed by atoms with Gasteiger partial charge < -0.3 is 0 Å². The van der Waals surface area contributed by atoms with Crippen LogP contribution in [0, 0.1) is 13.8 Å². The van der Waals surface area contributed by atoms with E-state index in [9.17, 15) is 4.79 Å². The first kappa shape index (κ1) is 15.9. The molecule has 0 atom stereocenters. The van der Waals surface area contributed by atoms with Crippen molar-refractivity contribution in [2.75, 3.05) is 5.32 Å². The highest BCUT2D eigenvalue weighted by atomic mass is 16.1. The van der Waals surface area contributed by atoms with E-state index < -0.39 is 0 Å². The molecule has 0 aliphatic carbocycles. The van der Waals surface area contributed by atoms with Crippen molar-refractivity contribution >= 4 is 11.9 Å². The standard InChI is InChI=1S/C17H20N6O/c1-13-3-5-15(6-4-13)11-22-12-18-17(21-22)20-16(24)8-10-23-14(2)7-9-19-23/h3-7,9,12H,8,10-11H2,1-2H3,(H,20,21,24). The number of hydrogen-bond acceptors (Lipinski definition) is 4. The van der Waals surface area contributed by atoms with Gasteiger partial charge in [-0.05, 0) is 25.5 Å². The number of aryl methyl sites for hydroxylation is 3. The first-order valence-electron chi connectivity index (χ1n) is 7.83. The van der Waals surface area contributed by atoms with Gasteiger partial charge in [0.05, 0.1) is 6.54 Å². The van der Waals surface area contributed by atoms with Crippen molar-refractivity contribution in [1.29, 1.82) is 0 Å². The maximum atomic E-state index is 12.0. The molecule has 0 fully saturated rings. The zero-order chi connectivity index (χ0) is 16.9. The third-order valence-corrected chi connectivity index (χ3v) is 3.73. The van der Waals surface area contributed by atoms with Crippen LogP contribution in [0.2, 0.25) is 0 Å². The fraction of sp³-hybridized carbons (Fsp3) is 0.294. The van der Waals surface area contributed by atoms with Crippen molar-refractivity contribution in [2.45, 2.75) is 33.4 Å². The van der Waals surface area contributed by atoms with Crippen molar-refractivity contribution in [3.8, 4) is 0 Å². The Labute approximate surface area is 140 Å². The van der Waals surface area contributed by atoms with Crippen LogP contribution in [0.15, 0.2) is 42.9 Å². The van der Waals surface area contributed by atoms with Crippen molar-refractivity contribution in [1.82, 2.24) is 24.5 Å². The van der Waals surface area contributed by atoms with Gasteiger partial charge in [-0.15, -0.1) is 5.10 Å². The number of aromatic nitrogens is 5. The molecule has 0 bridgehead atoms. The molecule has 124 valence electrons. The van der Waals surface area contributed by atoms with E-state index >= 15 is 0 Å². The lowest BCUT2D eigenvalue weighted by molar-refractivity contribution is -0.116. The summed E-state index contributed by atoms with van der Waals surface area (Å²) in [5.74, 6) is 0.197. The molecule has 7 heteroatoms. The van der Waals surface area contributed by atoms with E-state index in [1.54, 1.807) is 21.9 Å². The van der Waals surface area contributed by atoms with Crippen molar-refractivity contribution in [3.63, 3.8) is 0 Å². The lowest BCUT2D eigenvalue weighted by Crippen LogP contribution is -2.16. The van der Waals surface area contributed by atoms with Crippen LogP contribution in [-0.4, -0.2) is 30.5 Å². The molecule has 24 heavy (non-hydrogen) atoms. The SMILES string of the molecule is Cc1ccc(Cn2cnc(NC(=O)CCn3nccc3C)n2)cc1. The van der Waals surface area contributed by atoms with Crippen LogP contribution in [0.25, 0.3) is 0 Å². The van der Waals surface area contributed by atoms with Gasteiger partial charge >= 0.3 is 0 Å². The summed E-state index contributed by atoms with van der Waals surface area (Å²) < 4.78 is 3.50. The monoisotopic (exact) mass is 324 g/mol. The molecule has 0 aliphatic heterocycles. The Morgan fingerprint density at radius 3 is 2.67 bits per heavy atom. The predicted molar refractivity (Wildman–Crippen MR) is 90.5 cm³/mol. The first-order valence-corrected chi connectivity index (χ1v) is 7.83. The molecule has 7 nitrogen and oxygen atoms in total. The Morgan fingerprint density at radius 1 is 1.17 bits per heavy atom. The molecular formula is C17H20N6O. The van der Waals surface area contributed by atoms with Gasteiger partial charge in [0.15, 0.2) is 0 Å². The largest absolute Gasteiger partial charge is 0.293 e. The molecule has 2 aromatic heterocycles. The van der Waals surface area contributed by atoms with Crippen LogP contribution in [0.5, 0.6) is 0 Å². The molecule has 0 radical (unpaired) electrons. The third kappa shape index (κ3) is 4.07.